The lowest BCUT2D eigenvalue weighted by atomic mass is 10.2. The fourth-order valence-electron chi connectivity index (χ4n) is 2.29. The van der Waals surface area contributed by atoms with Crippen molar-refractivity contribution < 1.29 is 23.8 Å². The van der Waals surface area contributed by atoms with Gasteiger partial charge in [0.25, 0.3) is 0 Å². The van der Waals surface area contributed by atoms with Crippen LogP contribution in [0.2, 0.25) is 0 Å². The second-order valence-corrected chi connectivity index (χ2v) is 5.89. The summed E-state index contributed by atoms with van der Waals surface area (Å²) in [5.41, 5.74) is 0. The van der Waals surface area contributed by atoms with Crippen molar-refractivity contribution in [3.8, 4) is 17.2 Å². The maximum Gasteiger partial charge on any atom is 0.243 e. The number of rotatable bonds is 15. The van der Waals surface area contributed by atoms with Crippen LogP contribution < -0.4 is 24.8 Å². The molecule has 0 atom stereocenters. The highest BCUT2D eigenvalue weighted by Crippen LogP contribution is 2.37. The Morgan fingerprint density at radius 1 is 0.893 bits per heavy atom. The topological polar surface area (TPSA) is 85.9 Å². The number of ether oxygens (including phenoxy) is 3. The molecule has 0 saturated heterocycles. The number of amides is 2. The van der Waals surface area contributed by atoms with Crippen LogP contribution in [0.5, 0.6) is 17.2 Å². The maximum absolute atomic E-state index is 11.1. The zero-order chi connectivity index (χ0) is 20.6. The van der Waals surface area contributed by atoms with Crippen LogP contribution in [0.4, 0.5) is 0 Å². The molecule has 0 bridgehead atoms. The van der Waals surface area contributed by atoms with E-state index in [2.05, 4.69) is 23.8 Å². The quantitative estimate of drug-likeness (QED) is 0.355. The van der Waals surface area contributed by atoms with Crippen LogP contribution in [0.3, 0.4) is 0 Å². The van der Waals surface area contributed by atoms with Crippen molar-refractivity contribution in [2.45, 2.75) is 25.7 Å². The van der Waals surface area contributed by atoms with E-state index in [0.29, 0.717) is 43.6 Å². The van der Waals surface area contributed by atoms with Crippen molar-refractivity contribution in [2.75, 3.05) is 33.4 Å². The van der Waals surface area contributed by atoms with E-state index in [-0.39, 0.29) is 11.8 Å². The van der Waals surface area contributed by atoms with E-state index in [9.17, 15) is 9.59 Å². The molecule has 0 aliphatic rings. The fourth-order valence-corrected chi connectivity index (χ4v) is 2.29. The van der Waals surface area contributed by atoms with Gasteiger partial charge in [-0.3, -0.25) is 9.59 Å². The molecule has 7 heteroatoms. The van der Waals surface area contributed by atoms with Crippen molar-refractivity contribution in [1.29, 1.82) is 0 Å². The van der Waals surface area contributed by atoms with Crippen molar-refractivity contribution >= 4 is 11.8 Å². The lowest BCUT2D eigenvalue weighted by Gasteiger charge is -2.15. The second-order valence-electron chi connectivity index (χ2n) is 5.89. The first kappa shape index (κ1) is 23.1. The van der Waals surface area contributed by atoms with Gasteiger partial charge < -0.3 is 24.8 Å². The molecule has 7 nitrogen and oxygen atoms in total. The Morgan fingerprint density at radius 3 is 1.96 bits per heavy atom. The Morgan fingerprint density at radius 2 is 1.43 bits per heavy atom. The van der Waals surface area contributed by atoms with Gasteiger partial charge in [-0.15, -0.1) is 0 Å². The van der Waals surface area contributed by atoms with Crippen molar-refractivity contribution in [2.24, 2.45) is 0 Å². The average Bonchev–Trinajstić information content (AvgIpc) is 2.72. The molecule has 2 N–H and O–H groups in total. The zero-order valence-electron chi connectivity index (χ0n) is 16.5. The molecule has 0 aromatic heterocycles. The Balaban J connectivity index is 2.40. The van der Waals surface area contributed by atoms with Gasteiger partial charge in [0, 0.05) is 13.1 Å². The minimum absolute atomic E-state index is 0.173. The molecule has 1 rings (SSSR count). The molecule has 1 aromatic carbocycles. The van der Waals surface area contributed by atoms with Crippen LogP contribution in [0.25, 0.3) is 0 Å². The Labute approximate surface area is 166 Å². The predicted octanol–water partition coefficient (Wildman–Crippen LogP) is 2.62. The van der Waals surface area contributed by atoms with Gasteiger partial charge in [0.15, 0.2) is 11.5 Å². The lowest BCUT2D eigenvalue weighted by Crippen LogP contribution is -2.22. The molecule has 0 fully saturated rings. The summed E-state index contributed by atoms with van der Waals surface area (Å²) in [6.45, 7) is 8.96. The molecule has 0 saturated carbocycles. The van der Waals surface area contributed by atoms with E-state index in [4.69, 9.17) is 14.2 Å². The summed E-state index contributed by atoms with van der Waals surface area (Å²) in [6, 6.07) is 5.50. The smallest absolute Gasteiger partial charge is 0.243 e. The van der Waals surface area contributed by atoms with Gasteiger partial charge in [0.1, 0.15) is 0 Å². The molecule has 0 radical (unpaired) electrons. The Kier molecular flexibility index (Phi) is 11.7. The number of hydrogen-bond acceptors (Lipinski definition) is 5. The van der Waals surface area contributed by atoms with Crippen LogP contribution in [-0.2, 0) is 9.59 Å². The third kappa shape index (κ3) is 9.12. The second kappa shape index (κ2) is 14.1. The first-order chi connectivity index (χ1) is 13.6. The molecule has 0 spiro atoms. The summed E-state index contributed by atoms with van der Waals surface area (Å²) in [5.74, 6) is 1.45. The van der Waals surface area contributed by atoms with E-state index in [1.807, 2.05) is 18.2 Å². The summed E-state index contributed by atoms with van der Waals surface area (Å²) >= 11 is 0. The van der Waals surface area contributed by atoms with E-state index in [1.165, 1.54) is 12.2 Å². The van der Waals surface area contributed by atoms with Crippen molar-refractivity contribution in [1.82, 2.24) is 10.6 Å². The molecule has 28 heavy (non-hydrogen) atoms. The number of carbonyl (C=O) groups excluding carboxylic acids is 2. The highest BCUT2D eigenvalue weighted by atomic mass is 16.5. The maximum atomic E-state index is 11.1. The van der Waals surface area contributed by atoms with E-state index >= 15 is 0 Å². The molecular formula is C21H30N2O5. The normalized spacial score (nSPS) is 9.89. The monoisotopic (exact) mass is 390 g/mol. The summed E-state index contributed by atoms with van der Waals surface area (Å²) in [6.07, 6.45) is 5.67. The molecular weight excluding hydrogens is 360 g/mol. The first-order valence-electron chi connectivity index (χ1n) is 9.35. The minimum Gasteiger partial charge on any atom is -0.493 e. The van der Waals surface area contributed by atoms with E-state index < -0.39 is 0 Å². The Bertz CT molecular complexity index is 646. The lowest BCUT2D eigenvalue weighted by molar-refractivity contribution is -0.117. The van der Waals surface area contributed by atoms with Gasteiger partial charge in [-0.25, -0.2) is 0 Å². The van der Waals surface area contributed by atoms with E-state index in [0.717, 1.165) is 25.7 Å². The van der Waals surface area contributed by atoms with Gasteiger partial charge in [-0.2, -0.15) is 0 Å². The molecule has 1 aromatic rings. The number of nitrogens with one attached hydrogen (secondary N) is 2. The van der Waals surface area contributed by atoms with Crippen LogP contribution in [0.1, 0.15) is 25.7 Å². The minimum atomic E-state index is -0.176. The zero-order valence-corrected chi connectivity index (χ0v) is 16.5. The summed E-state index contributed by atoms with van der Waals surface area (Å²) < 4.78 is 17.1. The third-order valence-corrected chi connectivity index (χ3v) is 3.78. The number of unbranched alkanes of at least 4 members (excludes halogenated alkanes) is 2. The van der Waals surface area contributed by atoms with Gasteiger partial charge in [-0.1, -0.05) is 19.2 Å². The average molecular weight is 390 g/mol. The molecule has 0 unspecified atom stereocenters. The molecule has 0 aliphatic heterocycles. The van der Waals surface area contributed by atoms with E-state index in [1.54, 1.807) is 7.11 Å². The highest BCUT2D eigenvalue weighted by Gasteiger charge is 2.12. The van der Waals surface area contributed by atoms with Crippen molar-refractivity contribution in [3.63, 3.8) is 0 Å². The number of benzene rings is 1. The van der Waals surface area contributed by atoms with Crippen LogP contribution in [0.15, 0.2) is 43.5 Å². The number of carbonyl (C=O) groups is 2. The predicted molar refractivity (Wildman–Crippen MR) is 109 cm³/mol. The molecule has 154 valence electrons. The first-order valence-corrected chi connectivity index (χ1v) is 9.35. The van der Waals surface area contributed by atoms with Gasteiger partial charge >= 0.3 is 0 Å². The summed E-state index contributed by atoms with van der Waals surface area (Å²) in [4.78, 5) is 22.2. The largest absolute Gasteiger partial charge is 0.493 e. The van der Waals surface area contributed by atoms with Crippen molar-refractivity contribution in [3.05, 3.63) is 43.5 Å². The fraction of sp³-hybridized carbons (Fsp3) is 0.429. The standard InChI is InChI=1S/C21H30N2O5/c1-4-19(24)22-13-6-8-15-27-18-12-10-11-17(26-3)21(18)28-16-9-7-14-23-20(25)5-2/h4-5,10-12H,1-2,6-9,13-16H2,3H3,(H,22,24)(H,23,25). The molecule has 2 amide bonds. The van der Waals surface area contributed by atoms with Gasteiger partial charge in [0.2, 0.25) is 17.6 Å². The highest BCUT2D eigenvalue weighted by molar-refractivity contribution is 5.87. The number of methoxy groups -OCH3 is 1. The third-order valence-electron chi connectivity index (χ3n) is 3.78. The van der Waals surface area contributed by atoms with Gasteiger partial charge in [0.05, 0.1) is 20.3 Å². The summed E-state index contributed by atoms with van der Waals surface area (Å²) in [5, 5.41) is 5.45. The SMILES string of the molecule is C=CC(=O)NCCCCOc1cccc(OC)c1OCCCCNC(=O)C=C. The Hall–Kier alpha value is -2.96. The molecule has 0 heterocycles. The molecule has 0 aliphatic carbocycles. The van der Waals surface area contributed by atoms with Crippen LogP contribution in [-0.4, -0.2) is 45.2 Å². The van der Waals surface area contributed by atoms with Crippen LogP contribution >= 0.6 is 0 Å². The number of para-hydroxylation sites is 1. The van der Waals surface area contributed by atoms with Crippen LogP contribution in [0, 0.1) is 0 Å². The number of hydrogen-bond donors (Lipinski definition) is 2. The van der Waals surface area contributed by atoms with Gasteiger partial charge in [-0.05, 0) is 50.0 Å². The summed E-state index contributed by atoms with van der Waals surface area (Å²) in [7, 11) is 1.58.